The van der Waals surface area contributed by atoms with Gasteiger partial charge in [0.1, 0.15) is 17.7 Å². The van der Waals surface area contributed by atoms with E-state index in [1.807, 2.05) is 30.3 Å². The Morgan fingerprint density at radius 3 is 2.11 bits per heavy atom. The highest BCUT2D eigenvalue weighted by Crippen LogP contribution is 2.13. The van der Waals surface area contributed by atoms with Gasteiger partial charge in [0.25, 0.3) is 5.69 Å². The van der Waals surface area contributed by atoms with E-state index in [4.69, 9.17) is 0 Å². The topological polar surface area (TPSA) is 130 Å². The predicted octanol–water partition coefficient (Wildman–Crippen LogP) is 2.96. The summed E-state index contributed by atoms with van der Waals surface area (Å²) in [5, 5.41) is 18.6. The number of amides is 3. The van der Waals surface area contributed by atoms with Crippen molar-refractivity contribution in [2.24, 2.45) is 0 Å². The lowest BCUT2D eigenvalue weighted by atomic mass is 10.0. The van der Waals surface area contributed by atoms with Crippen molar-refractivity contribution in [2.45, 2.75) is 38.4 Å². The first kappa shape index (κ1) is 28.1. The SMILES string of the molecule is C[C@H](NC(=O)Cc1cc(F)cc(F)c1)C(=O)NC(=O)[C@H](Cc1ccccc1)NCc1ccc([N+](=O)[O-])cc1. The molecule has 0 aliphatic carbocycles. The molecule has 11 heteroatoms. The van der Waals surface area contributed by atoms with Gasteiger partial charge in [-0.15, -0.1) is 0 Å². The minimum absolute atomic E-state index is 0.0588. The third-order valence-corrected chi connectivity index (χ3v) is 5.60. The zero-order chi connectivity index (χ0) is 27.7. The number of halogens is 2. The van der Waals surface area contributed by atoms with Gasteiger partial charge in [-0.1, -0.05) is 42.5 Å². The number of hydrogen-bond acceptors (Lipinski definition) is 6. The summed E-state index contributed by atoms with van der Waals surface area (Å²) >= 11 is 0. The van der Waals surface area contributed by atoms with Gasteiger partial charge in [0, 0.05) is 24.7 Å². The smallest absolute Gasteiger partial charge is 0.269 e. The van der Waals surface area contributed by atoms with Gasteiger partial charge in [0.2, 0.25) is 17.7 Å². The molecule has 0 aliphatic rings. The largest absolute Gasteiger partial charge is 0.344 e. The van der Waals surface area contributed by atoms with Crippen LogP contribution in [0.5, 0.6) is 0 Å². The number of nitrogens with one attached hydrogen (secondary N) is 3. The van der Waals surface area contributed by atoms with Crippen LogP contribution in [0.15, 0.2) is 72.8 Å². The first-order valence-electron chi connectivity index (χ1n) is 11.7. The minimum atomic E-state index is -1.10. The van der Waals surface area contributed by atoms with Gasteiger partial charge in [0.05, 0.1) is 17.4 Å². The van der Waals surface area contributed by atoms with Crippen molar-refractivity contribution >= 4 is 23.4 Å². The van der Waals surface area contributed by atoms with Crippen molar-refractivity contribution in [1.29, 1.82) is 0 Å². The zero-order valence-corrected chi connectivity index (χ0v) is 20.4. The number of hydrogen-bond donors (Lipinski definition) is 3. The molecule has 3 amide bonds. The van der Waals surface area contributed by atoms with Crippen LogP contribution in [-0.4, -0.2) is 34.7 Å². The molecule has 0 saturated carbocycles. The maximum atomic E-state index is 13.4. The van der Waals surface area contributed by atoms with Crippen LogP contribution in [-0.2, 0) is 33.8 Å². The molecule has 0 aromatic heterocycles. The molecule has 0 heterocycles. The highest BCUT2D eigenvalue weighted by Gasteiger charge is 2.24. The molecular weight excluding hydrogens is 498 g/mol. The fourth-order valence-electron chi connectivity index (χ4n) is 3.66. The summed E-state index contributed by atoms with van der Waals surface area (Å²) in [5.41, 5.74) is 1.57. The Morgan fingerprint density at radius 1 is 0.868 bits per heavy atom. The van der Waals surface area contributed by atoms with Gasteiger partial charge in [-0.2, -0.15) is 0 Å². The van der Waals surface area contributed by atoms with Crippen LogP contribution in [0.25, 0.3) is 0 Å². The van der Waals surface area contributed by atoms with Crippen LogP contribution >= 0.6 is 0 Å². The lowest BCUT2D eigenvalue weighted by Crippen LogP contribution is -2.52. The second-order valence-corrected chi connectivity index (χ2v) is 8.64. The number of carbonyl (C=O) groups excluding carboxylic acids is 3. The minimum Gasteiger partial charge on any atom is -0.344 e. The Bertz CT molecular complexity index is 1280. The molecule has 3 N–H and O–H groups in total. The normalized spacial score (nSPS) is 12.3. The maximum absolute atomic E-state index is 13.4. The Balaban J connectivity index is 1.61. The van der Waals surface area contributed by atoms with Crippen molar-refractivity contribution in [3.8, 4) is 0 Å². The first-order valence-corrected chi connectivity index (χ1v) is 11.7. The monoisotopic (exact) mass is 524 g/mol. The number of nitrogens with zero attached hydrogens (tertiary/aromatic N) is 1. The Hall–Kier alpha value is -4.51. The van der Waals surface area contributed by atoms with Crippen LogP contribution in [0, 0.1) is 21.7 Å². The summed E-state index contributed by atoms with van der Waals surface area (Å²) in [5.74, 6) is -3.69. The van der Waals surface area contributed by atoms with Gasteiger partial charge < -0.3 is 10.6 Å². The highest BCUT2D eigenvalue weighted by molar-refractivity contribution is 6.01. The lowest BCUT2D eigenvalue weighted by molar-refractivity contribution is -0.384. The molecule has 198 valence electrons. The summed E-state index contributed by atoms with van der Waals surface area (Å²) < 4.78 is 26.7. The molecule has 3 aromatic carbocycles. The molecule has 38 heavy (non-hydrogen) atoms. The number of non-ortho nitro benzene ring substituents is 1. The van der Waals surface area contributed by atoms with Crippen LogP contribution in [0.4, 0.5) is 14.5 Å². The van der Waals surface area contributed by atoms with Crippen molar-refractivity contribution in [3.05, 3.63) is 111 Å². The number of rotatable bonds is 11. The van der Waals surface area contributed by atoms with Crippen molar-refractivity contribution < 1.29 is 28.1 Å². The van der Waals surface area contributed by atoms with E-state index < -0.39 is 46.4 Å². The molecule has 0 spiro atoms. The number of benzene rings is 3. The van der Waals surface area contributed by atoms with E-state index in [2.05, 4.69) is 16.0 Å². The third-order valence-electron chi connectivity index (χ3n) is 5.60. The van der Waals surface area contributed by atoms with Gasteiger partial charge in [-0.3, -0.25) is 29.8 Å². The highest BCUT2D eigenvalue weighted by atomic mass is 19.1. The molecule has 0 radical (unpaired) electrons. The third kappa shape index (κ3) is 8.56. The zero-order valence-electron chi connectivity index (χ0n) is 20.4. The fraction of sp³-hybridized carbons (Fsp3) is 0.222. The molecule has 0 aliphatic heterocycles. The number of carbonyl (C=O) groups is 3. The molecule has 0 bridgehead atoms. The average molecular weight is 525 g/mol. The lowest BCUT2D eigenvalue weighted by Gasteiger charge is -2.20. The van der Waals surface area contributed by atoms with E-state index in [9.17, 15) is 33.3 Å². The predicted molar refractivity (Wildman–Crippen MR) is 135 cm³/mol. The molecule has 0 unspecified atom stereocenters. The summed E-state index contributed by atoms with van der Waals surface area (Å²) in [6.07, 6.45) is -0.105. The Labute approximate surface area is 217 Å². The van der Waals surface area contributed by atoms with E-state index in [0.717, 1.165) is 17.7 Å². The van der Waals surface area contributed by atoms with Crippen LogP contribution in [0.3, 0.4) is 0 Å². The standard InChI is InChI=1S/C27H26F2N4O5/c1-17(31-25(34)14-20-11-21(28)15-22(29)12-20)26(35)32-27(36)24(13-18-5-3-2-4-6-18)30-16-19-7-9-23(10-8-19)33(37)38/h2-12,15,17,24,30H,13-14,16H2,1H3,(H,31,34)(H,32,35,36)/t17-,24-/m0/s1. The summed E-state index contributed by atoms with van der Waals surface area (Å²) in [7, 11) is 0. The van der Waals surface area contributed by atoms with Crippen LogP contribution in [0.1, 0.15) is 23.6 Å². The van der Waals surface area contributed by atoms with Crippen molar-refractivity contribution in [1.82, 2.24) is 16.0 Å². The summed E-state index contributed by atoms with van der Waals surface area (Å²) in [6, 6.07) is 15.7. The molecule has 3 aromatic rings. The van der Waals surface area contributed by atoms with Gasteiger partial charge in [-0.05, 0) is 42.2 Å². The Kier molecular flexibility index (Phi) is 9.72. The van der Waals surface area contributed by atoms with Crippen LogP contribution in [0.2, 0.25) is 0 Å². The molecule has 3 rings (SSSR count). The van der Waals surface area contributed by atoms with Gasteiger partial charge in [0.15, 0.2) is 0 Å². The summed E-state index contributed by atoms with van der Waals surface area (Å²) in [4.78, 5) is 48.2. The molecule has 9 nitrogen and oxygen atoms in total. The molecular formula is C27H26F2N4O5. The second kappa shape index (κ2) is 13.2. The molecule has 0 saturated heterocycles. The fourth-order valence-corrected chi connectivity index (χ4v) is 3.66. The number of imide groups is 1. The van der Waals surface area contributed by atoms with E-state index in [0.29, 0.717) is 11.6 Å². The number of nitro benzene ring substituents is 1. The van der Waals surface area contributed by atoms with E-state index in [-0.39, 0.29) is 30.6 Å². The molecule has 2 atom stereocenters. The van der Waals surface area contributed by atoms with Gasteiger partial charge in [-0.25, -0.2) is 8.78 Å². The van der Waals surface area contributed by atoms with E-state index in [1.165, 1.54) is 19.1 Å². The number of nitro groups is 1. The molecule has 0 fully saturated rings. The van der Waals surface area contributed by atoms with E-state index >= 15 is 0 Å². The maximum Gasteiger partial charge on any atom is 0.269 e. The summed E-state index contributed by atoms with van der Waals surface area (Å²) in [6.45, 7) is 1.58. The average Bonchev–Trinajstić information content (AvgIpc) is 2.86. The van der Waals surface area contributed by atoms with Gasteiger partial charge >= 0.3 is 0 Å². The van der Waals surface area contributed by atoms with Crippen molar-refractivity contribution in [3.63, 3.8) is 0 Å². The quantitative estimate of drug-likeness (QED) is 0.261. The van der Waals surface area contributed by atoms with Crippen molar-refractivity contribution in [2.75, 3.05) is 0 Å². The van der Waals surface area contributed by atoms with Crippen LogP contribution < -0.4 is 16.0 Å². The second-order valence-electron chi connectivity index (χ2n) is 8.64. The Morgan fingerprint density at radius 2 is 1.50 bits per heavy atom. The first-order chi connectivity index (χ1) is 18.1. The van der Waals surface area contributed by atoms with E-state index in [1.54, 1.807) is 12.1 Å².